The predicted molar refractivity (Wildman–Crippen MR) is 58.7 cm³/mol. The van der Waals surface area contributed by atoms with E-state index in [4.69, 9.17) is 9.94 Å². The first kappa shape index (κ1) is 10.0. The van der Waals surface area contributed by atoms with Crippen molar-refractivity contribution in [3.63, 3.8) is 0 Å². The lowest BCUT2D eigenvalue weighted by Crippen LogP contribution is -1.96. The maximum absolute atomic E-state index is 8.66. The fraction of sp³-hybridized carbons (Fsp3) is 0.417. The second kappa shape index (κ2) is 3.93. The van der Waals surface area contributed by atoms with Crippen molar-refractivity contribution in [2.75, 3.05) is 7.11 Å². The van der Waals surface area contributed by atoms with Gasteiger partial charge in [-0.25, -0.2) is 0 Å². The highest BCUT2D eigenvalue weighted by molar-refractivity contribution is 5.87. The topological polar surface area (TPSA) is 41.8 Å². The first-order chi connectivity index (χ1) is 7.26. The summed E-state index contributed by atoms with van der Waals surface area (Å²) in [7, 11) is 1.66. The minimum Gasteiger partial charge on any atom is -0.497 e. The summed E-state index contributed by atoms with van der Waals surface area (Å²) in [5.74, 6) is 1.82. The van der Waals surface area contributed by atoms with Crippen molar-refractivity contribution in [1.82, 2.24) is 0 Å². The van der Waals surface area contributed by atoms with Gasteiger partial charge in [-0.3, -0.25) is 0 Å². The van der Waals surface area contributed by atoms with Crippen LogP contribution in [0.2, 0.25) is 0 Å². The lowest BCUT2D eigenvalue weighted by atomic mass is 10.1. The molecule has 2 rings (SSSR count). The van der Waals surface area contributed by atoms with Gasteiger partial charge in [0.1, 0.15) is 5.75 Å². The van der Waals surface area contributed by atoms with Gasteiger partial charge in [0.15, 0.2) is 0 Å². The van der Waals surface area contributed by atoms with Gasteiger partial charge in [0.2, 0.25) is 0 Å². The van der Waals surface area contributed by atoms with E-state index in [0.29, 0.717) is 11.8 Å². The molecule has 1 aliphatic rings. The van der Waals surface area contributed by atoms with Gasteiger partial charge in [0.05, 0.1) is 12.8 Å². The first-order valence-corrected chi connectivity index (χ1v) is 5.08. The van der Waals surface area contributed by atoms with E-state index in [0.717, 1.165) is 17.9 Å². The molecule has 1 aromatic carbocycles. The molecule has 0 unspecified atom stereocenters. The number of methoxy groups -OCH3 is 1. The first-order valence-electron chi connectivity index (χ1n) is 5.08. The van der Waals surface area contributed by atoms with Crippen LogP contribution in [0.25, 0.3) is 0 Å². The van der Waals surface area contributed by atoms with Crippen molar-refractivity contribution in [1.29, 1.82) is 0 Å². The Morgan fingerprint density at radius 2 is 2.07 bits per heavy atom. The zero-order valence-electron chi connectivity index (χ0n) is 8.97. The number of hydrogen-bond acceptors (Lipinski definition) is 3. The number of benzene rings is 1. The van der Waals surface area contributed by atoms with Crippen LogP contribution in [0.1, 0.15) is 24.8 Å². The van der Waals surface area contributed by atoms with Crippen LogP contribution >= 0.6 is 0 Å². The lowest BCUT2D eigenvalue weighted by Gasteiger charge is -2.02. The Morgan fingerprint density at radius 3 is 2.60 bits per heavy atom. The summed E-state index contributed by atoms with van der Waals surface area (Å²) >= 11 is 0. The maximum atomic E-state index is 8.66. The largest absolute Gasteiger partial charge is 0.497 e. The molecule has 0 aromatic heterocycles. The molecular weight excluding hydrogens is 190 g/mol. The maximum Gasteiger partial charge on any atom is 0.118 e. The Morgan fingerprint density at radius 1 is 1.40 bits per heavy atom. The quantitative estimate of drug-likeness (QED) is 0.468. The third kappa shape index (κ3) is 1.96. The van der Waals surface area contributed by atoms with Crippen molar-refractivity contribution in [2.45, 2.75) is 19.3 Å². The Hall–Kier alpha value is -1.51. The summed E-state index contributed by atoms with van der Waals surface area (Å²) in [5.41, 5.74) is 2.12. The fourth-order valence-electron chi connectivity index (χ4n) is 1.95. The molecule has 1 aliphatic carbocycles. The van der Waals surface area contributed by atoms with E-state index >= 15 is 0 Å². The molecule has 1 N–H and O–H groups in total. The Labute approximate surface area is 89.4 Å². The van der Waals surface area contributed by atoms with E-state index in [-0.39, 0.29) is 0 Å². The van der Waals surface area contributed by atoms with E-state index in [9.17, 15) is 0 Å². The van der Waals surface area contributed by atoms with Gasteiger partial charge in [0, 0.05) is 5.92 Å². The highest BCUT2D eigenvalue weighted by atomic mass is 16.5. The number of hydrogen-bond donors (Lipinski definition) is 1. The molecule has 80 valence electrons. The van der Waals surface area contributed by atoms with Crippen molar-refractivity contribution in [3.05, 3.63) is 29.8 Å². The van der Waals surface area contributed by atoms with Crippen LogP contribution in [0.4, 0.5) is 0 Å². The van der Waals surface area contributed by atoms with E-state index in [1.807, 2.05) is 19.1 Å². The van der Waals surface area contributed by atoms with Gasteiger partial charge >= 0.3 is 0 Å². The molecule has 1 fully saturated rings. The molecular formula is C12H15NO2. The predicted octanol–water partition coefficient (Wildman–Crippen LogP) is 2.65. The van der Waals surface area contributed by atoms with Gasteiger partial charge in [-0.1, -0.05) is 17.3 Å². The van der Waals surface area contributed by atoms with Crippen molar-refractivity contribution in [3.8, 4) is 5.75 Å². The summed E-state index contributed by atoms with van der Waals surface area (Å²) in [6.07, 6.45) is 1.09. The molecule has 0 saturated heterocycles. The Bertz CT molecular complexity index is 370. The van der Waals surface area contributed by atoms with Crippen molar-refractivity contribution < 1.29 is 9.94 Å². The summed E-state index contributed by atoms with van der Waals surface area (Å²) in [4.78, 5) is 0. The summed E-state index contributed by atoms with van der Waals surface area (Å²) < 4.78 is 5.10. The van der Waals surface area contributed by atoms with Crippen molar-refractivity contribution >= 4 is 5.71 Å². The van der Waals surface area contributed by atoms with Gasteiger partial charge in [0.25, 0.3) is 0 Å². The molecule has 0 spiro atoms. The lowest BCUT2D eigenvalue weighted by molar-refractivity contribution is 0.316. The molecule has 0 heterocycles. The van der Waals surface area contributed by atoms with Crippen LogP contribution in [0.15, 0.2) is 29.4 Å². The molecule has 1 aromatic rings. The summed E-state index contributed by atoms with van der Waals surface area (Å²) in [6, 6.07) is 8.09. The summed E-state index contributed by atoms with van der Waals surface area (Å²) in [5, 5.41) is 11.9. The molecule has 2 atom stereocenters. The summed E-state index contributed by atoms with van der Waals surface area (Å²) in [6.45, 7) is 1.87. The molecule has 0 bridgehead atoms. The average molecular weight is 205 g/mol. The second-order valence-electron chi connectivity index (χ2n) is 3.96. The third-order valence-electron chi connectivity index (χ3n) is 3.03. The van der Waals surface area contributed by atoms with Gasteiger partial charge in [-0.05, 0) is 37.0 Å². The van der Waals surface area contributed by atoms with E-state index in [2.05, 4.69) is 17.3 Å². The number of oxime groups is 1. The van der Waals surface area contributed by atoms with Crippen LogP contribution in [0, 0.1) is 5.92 Å². The highest BCUT2D eigenvalue weighted by Gasteiger charge is 2.40. The zero-order chi connectivity index (χ0) is 10.8. The van der Waals surface area contributed by atoms with E-state index in [1.165, 1.54) is 5.56 Å². The molecule has 3 heteroatoms. The number of nitrogens with zero attached hydrogens (tertiary/aromatic N) is 1. The molecule has 15 heavy (non-hydrogen) atoms. The van der Waals surface area contributed by atoms with Gasteiger partial charge < -0.3 is 9.94 Å². The minimum absolute atomic E-state index is 0.420. The zero-order valence-corrected chi connectivity index (χ0v) is 8.97. The molecule has 0 radical (unpaired) electrons. The van der Waals surface area contributed by atoms with Crippen molar-refractivity contribution in [2.24, 2.45) is 11.1 Å². The minimum atomic E-state index is 0.420. The SMILES string of the molecule is COc1ccc([C@H]2C[C@H]2/C(C)=N/O)cc1. The molecule has 0 aliphatic heterocycles. The van der Waals surface area contributed by atoms with Crippen LogP contribution in [0.5, 0.6) is 5.75 Å². The van der Waals surface area contributed by atoms with Crippen LogP contribution in [-0.2, 0) is 0 Å². The Balaban J connectivity index is 2.07. The second-order valence-corrected chi connectivity index (χ2v) is 3.96. The van der Waals surface area contributed by atoms with Gasteiger partial charge in [-0.2, -0.15) is 0 Å². The van der Waals surface area contributed by atoms with Crippen LogP contribution < -0.4 is 4.74 Å². The van der Waals surface area contributed by atoms with Gasteiger partial charge in [-0.15, -0.1) is 0 Å². The third-order valence-corrected chi connectivity index (χ3v) is 3.03. The normalized spacial score (nSPS) is 25.1. The standard InChI is InChI=1S/C12H15NO2/c1-8(13-14)11-7-12(11)9-3-5-10(15-2)6-4-9/h3-6,11-12,14H,7H2,1-2H3/b13-8+/t11-,12+/m0/s1. The monoisotopic (exact) mass is 205 g/mol. The average Bonchev–Trinajstić information content (AvgIpc) is 3.08. The number of rotatable bonds is 3. The van der Waals surface area contributed by atoms with Crippen LogP contribution in [-0.4, -0.2) is 18.0 Å². The van der Waals surface area contributed by atoms with Crippen LogP contribution in [0.3, 0.4) is 0 Å². The molecule has 0 amide bonds. The highest BCUT2D eigenvalue weighted by Crippen LogP contribution is 2.48. The molecule has 3 nitrogen and oxygen atoms in total. The smallest absolute Gasteiger partial charge is 0.118 e. The Kier molecular flexibility index (Phi) is 2.62. The molecule has 1 saturated carbocycles. The number of ether oxygens (including phenoxy) is 1. The van der Waals surface area contributed by atoms with E-state index in [1.54, 1.807) is 7.11 Å². The fourth-order valence-corrected chi connectivity index (χ4v) is 1.95. The van der Waals surface area contributed by atoms with E-state index < -0.39 is 0 Å².